The van der Waals surface area contributed by atoms with E-state index in [9.17, 15) is 4.79 Å². The van der Waals surface area contributed by atoms with E-state index in [1.165, 1.54) is 6.42 Å². The van der Waals surface area contributed by atoms with Crippen molar-refractivity contribution < 1.29 is 9.90 Å². The molecule has 112 valence electrons. The molecule has 0 atom stereocenters. The Morgan fingerprint density at radius 1 is 1.33 bits per heavy atom. The van der Waals surface area contributed by atoms with Crippen molar-refractivity contribution in [3.8, 4) is 11.8 Å². The zero-order valence-electron chi connectivity index (χ0n) is 12.9. The molecule has 0 unspecified atom stereocenters. The average Bonchev–Trinajstić information content (AvgIpc) is 2.51. The minimum Gasteiger partial charge on any atom is -0.384 e. The Bertz CT molecular complexity index is 560. The fraction of sp³-hybridized carbons (Fsp3) is 0.500. The van der Waals surface area contributed by atoms with E-state index in [-0.39, 0.29) is 12.5 Å². The molecule has 1 N–H and O–H groups in total. The van der Waals surface area contributed by atoms with Crippen molar-refractivity contribution in [3.63, 3.8) is 0 Å². The number of aliphatic hydroxyl groups excluding tert-OH is 1. The van der Waals surface area contributed by atoms with Gasteiger partial charge in [0.25, 0.3) is 5.91 Å². The van der Waals surface area contributed by atoms with E-state index >= 15 is 0 Å². The van der Waals surface area contributed by atoms with Crippen LogP contribution < -0.4 is 0 Å². The number of amides is 1. The van der Waals surface area contributed by atoms with Gasteiger partial charge in [-0.25, -0.2) is 0 Å². The van der Waals surface area contributed by atoms with Gasteiger partial charge in [0.15, 0.2) is 0 Å². The van der Waals surface area contributed by atoms with Gasteiger partial charge in [0.1, 0.15) is 6.61 Å². The van der Waals surface area contributed by atoms with Crippen LogP contribution in [0.1, 0.15) is 47.7 Å². The predicted octanol–water partition coefficient (Wildman–Crippen LogP) is 2.60. The summed E-state index contributed by atoms with van der Waals surface area (Å²) >= 11 is 0. The van der Waals surface area contributed by atoms with Crippen molar-refractivity contribution in [2.24, 2.45) is 5.92 Å². The van der Waals surface area contributed by atoms with Crippen molar-refractivity contribution in [2.75, 3.05) is 19.7 Å². The van der Waals surface area contributed by atoms with Crippen LogP contribution in [0.3, 0.4) is 0 Å². The van der Waals surface area contributed by atoms with E-state index in [1.807, 2.05) is 30.0 Å². The number of nitrogens with zero attached hydrogens (tertiary/aromatic N) is 1. The lowest BCUT2D eigenvalue weighted by molar-refractivity contribution is 0.0688. The molecule has 0 spiro atoms. The van der Waals surface area contributed by atoms with Gasteiger partial charge in [0, 0.05) is 24.2 Å². The molecule has 0 radical (unpaired) electrons. The number of carbonyl (C=O) groups excluding carboxylic acids is 1. The standard InChI is InChI=1S/C18H23NO2/c1-3-15-6-8-19(9-7-15)18(21)17-12-14(2)11-16(13-17)5-4-10-20/h11-13,15,20H,3,6-10H2,1-2H3. The van der Waals surface area contributed by atoms with E-state index in [4.69, 9.17) is 5.11 Å². The lowest BCUT2D eigenvalue weighted by Gasteiger charge is -2.31. The topological polar surface area (TPSA) is 40.5 Å². The first-order valence-electron chi connectivity index (χ1n) is 7.64. The third kappa shape index (κ3) is 4.09. The summed E-state index contributed by atoms with van der Waals surface area (Å²) in [5.41, 5.74) is 2.51. The molecule has 1 amide bonds. The lowest BCUT2D eigenvalue weighted by Crippen LogP contribution is -2.38. The maximum atomic E-state index is 12.6. The van der Waals surface area contributed by atoms with E-state index in [2.05, 4.69) is 18.8 Å². The summed E-state index contributed by atoms with van der Waals surface area (Å²) in [5, 5.41) is 8.78. The summed E-state index contributed by atoms with van der Waals surface area (Å²) in [7, 11) is 0. The molecule has 1 aromatic carbocycles. The Hall–Kier alpha value is -1.79. The molecule has 0 aliphatic carbocycles. The van der Waals surface area contributed by atoms with Crippen LogP contribution in [0.15, 0.2) is 18.2 Å². The van der Waals surface area contributed by atoms with Crippen LogP contribution in [-0.4, -0.2) is 35.6 Å². The van der Waals surface area contributed by atoms with Crippen molar-refractivity contribution in [2.45, 2.75) is 33.1 Å². The second-order valence-electron chi connectivity index (χ2n) is 5.69. The molecular weight excluding hydrogens is 262 g/mol. The quantitative estimate of drug-likeness (QED) is 0.849. The molecule has 1 saturated heterocycles. The molecule has 1 aliphatic rings. The van der Waals surface area contributed by atoms with Gasteiger partial charge in [-0.3, -0.25) is 4.79 Å². The van der Waals surface area contributed by atoms with Crippen LogP contribution in [0.2, 0.25) is 0 Å². The molecular formula is C18H23NO2. The maximum absolute atomic E-state index is 12.6. The molecule has 1 fully saturated rings. The zero-order valence-corrected chi connectivity index (χ0v) is 12.9. The van der Waals surface area contributed by atoms with Gasteiger partial charge in [0.05, 0.1) is 0 Å². The number of carbonyl (C=O) groups is 1. The van der Waals surface area contributed by atoms with Crippen molar-refractivity contribution in [1.82, 2.24) is 4.90 Å². The number of benzene rings is 1. The number of piperidine rings is 1. The van der Waals surface area contributed by atoms with Gasteiger partial charge >= 0.3 is 0 Å². The summed E-state index contributed by atoms with van der Waals surface area (Å²) in [6.45, 7) is 5.71. The Labute approximate surface area is 127 Å². The first kappa shape index (κ1) is 15.6. The van der Waals surface area contributed by atoms with Gasteiger partial charge in [-0.2, -0.15) is 0 Å². The van der Waals surface area contributed by atoms with Crippen molar-refractivity contribution >= 4 is 5.91 Å². The second-order valence-corrected chi connectivity index (χ2v) is 5.69. The zero-order chi connectivity index (χ0) is 15.2. The molecule has 0 aromatic heterocycles. The van der Waals surface area contributed by atoms with Crippen LogP contribution in [0, 0.1) is 24.7 Å². The smallest absolute Gasteiger partial charge is 0.253 e. The Morgan fingerprint density at radius 2 is 2.05 bits per heavy atom. The molecule has 1 aliphatic heterocycles. The number of aliphatic hydroxyl groups is 1. The lowest BCUT2D eigenvalue weighted by atomic mass is 9.94. The van der Waals surface area contributed by atoms with E-state index < -0.39 is 0 Å². The normalized spacial score (nSPS) is 15.5. The largest absolute Gasteiger partial charge is 0.384 e. The summed E-state index contributed by atoms with van der Waals surface area (Å²) in [6.07, 6.45) is 3.41. The summed E-state index contributed by atoms with van der Waals surface area (Å²) in [4.78, 5) is 14.5. The average molecular weight is 285 g/mol. The SMILES string of the molecule is CCC1CCN(C(=O)c2cc(C)cc(C#CCO)c2)CC1. The number of aryl methyl sites for hydroxylation is 1. The maximum Gasteiger partial charge on any atom is 0.253 e. The highest BCUT2D eigenvalue weighted by Crippen LogP contribution is 2.22. The highest BCUT2D eigenvalue weighted by molar-refractivity contribution is 5.94. The minimum absolute atomic E-state index is 0.0975. The highest BCUT2D eigenvalue weighted by Gasteiger charge is 2.22. The molecule has 21 heavy (non-hydrogen) atoms. The van der Waals surface area contributed by atoms with Gasteiger partial charge in [-0.05, 0) is 49.4 Å². The highest BCUT2D eigenvalue weighted by atomic mass is 16.2. The van der Waals surface area contributed by atoms with Crippen LogP contribution in [0.4, 0.5) is 0 Å². The molecule has 0 bridgehead atoms. The minimum atomic E-state index is -0.165. The van der Waals surface area contributed by atoms with Gasteiger partial charge in [-0.1, -0.05) is 25.2 Å². The fourth-order valence-corrected chi connectivity index (χ4v) is 2.85. The van der Waals surface area contributed by atoms with Crippen molar-refractivity contribution in [3.05, 3.63) is 34.9 Å². The molecule has 1 heterocycles. The van der Waals surface area contributed by atoms with Gasteiger partial charge in [-0.15, -0.1) is 0 Å². The number of hydrogen-bond acceptors (Lipinski definition) is 2. The molecule has 3 nitrogen and oxygen atoms in total. The van der Waals surface area contributed by atoms with E-state index in [1.54, 1.807) is 0 Å². The third-order valence-electron chi connectivity index (χ3n) is 4.12. The van der Waals surface area contributed by atoms with Gasteiger partial charge in [0.2, 0.25) is 0 Å². The van der Waals surface area contributed by atoms with Crippen LogP contribution in [-0.2, 0) is 0 Å². The van der Waals surface area contributed by atoms with Crippen molar-refractivity contribution in [1.29, 1.82) is 0 Å². The summed E-state index contributed by atoms with van der Waals surface area (Å²) < 4.78 is 0. The van der Waals surface area contributed by atoms with Crippen LogP contribution in [0.5, 0.6) is 0 Å². The second kappa shape index (κ2) is 7.28. The summed E-state index contributed by atoms with van der Waals surface area (Å²) in [6, 6.07) is 5.67. The van der Waals surface area contributed by atoms with E-state index in [0.29, 0.717) is 5.56 Å². The number of rotatable bonds is 2. The first-order valence-corrected chi connectivity index (χ1v) is 7.64. The fourth-order valence-electron chi connectivity index (χ4n) is 2.85. The monoisotopic (exact) mass is 285 g/mol. The molecule has 0 saturated carbocycles. The van der Waals surface area contributed by atoms with Crippen LogP contribution >= 0.6 is 0 Å². The Morgan fingerprint density at radius 3 is 2.67 bits per heavy atom. The molecule has 1 aromatic rings. The Balaban J connectivity index is 2.14. The Kier molecular flexibility index (Phi) is 5.41. The molecule has 2 rings (SSSR count). The third-order valence-corrected chi connectivity index (χ3v) is 4.12. The predicted molar refractivity (Wildman–Crippen MR) is 84.1 cm³/mol. The first-order chi connectivity index (χ1) is 10.1. The summed E-state index contributed by atoms with van der Waals surface area (Å²) in [5.74, 6) is 6.37. The van der Waals surface area contributed by atoms with Crippen LogP contribution in [0.25, 0.3) is 0 Å². The molecule has 3 heteroatoms. The van der Waals surface area contributed by atoms with Gasteiger partial charge < -0.3 is 10.0 Å². The number of hydrogen-bond donors (Lipinski definition) is 1. The number of likely N-dealkylation sites (tertiary alicyclic amines) is 1. The van der Waals surface area contributed by atoms with E-state index in [0.717, 1.165) is 43.0 Å².